The lowest BCUT2D eigenvalue weighted by atomic mass is 9.99. The molecule has 0 amide bonds. The minimum absolute atomic E-state index is 0.252. The number of carboxylic acid groups (broad SMARTS) is 1. The van der Waals surface area contributed by atoms with Crippen LogP contribution in [0.2, 0.25) is 0 Å². The van der Waals surface area contributed by atoms with Crippen molar-refractivity contribution in [2.75, 3.05) is 82.6 Å². The molecule has 2 aromatic carbocycles. The van der Waals surface area contributed by atoms with Gasteiger partial charge in [-0.15, -0.1) is 0 Å². The number of aromatic carboxylic acids is 1. The minimum atomic E-state index is -0.946. The number of fused-ring (bicyclic) bond motifs is 1. The quantitative estimate of drug-likeness (QED) is 0.302. The highest BCUT2D eigenvalue weighted by Crippen LogP contribution is 2.34. The van der Waals surface area contributed by atoms with E-state index in [0.29, 0.717) is 36.7 Å². The first kappa shape index (κ1) is 31.8. The monoisotopic (exact) mass is 592 g/mol. The average molecular weight is 593 g/mol. The summed E-state index contributed by atoms with van der Waals surface area (Å²) in [6.45, 7) is 11.7. The molecule has 0 bridgehead atoms. The second kappa shape index (κ2) is 15.4. The SMILES string of the molecule is CC.COc1cc2c(cc1OC)CN(c1nc(NCCN3CCN(C)CC3)nc(NCc3ccc(C(=O)O)cc3)n1)CC2. The third kappa shape index (κ3) is 8.45. The van der Waals surface area contributed by atoms with Crippen LogP contribution < -0.4 is 25.0 Å². The molecule has 1 saturated heterocycles. The number of ether oxygens (including phenoxy) is 2. The Bertz CT molecular complexity index is 1350. The highest BCUT2D eigenvalue weighted by Gasteiger charge is 2.23. The molecule has 1 aromatic heterocycles. The van der Waals surface area contributed by atoms with E-state index >= 15 is 0 Å². The van der Waals surface area contributed by atoms with E-state index in [9.17, 15) is 9.90 Å². The zero-order valence-electron chi connectivity index (χ0n) is 25.9. The van der Waals surface area contributed by atoms with Gasteiger partial charge in [0.25, 0.3) is 0 Å². The Morgan fingerprint density at radius 3 is 2.14 bits per heavy atom. The highest BCUT2D eigenvalue weighted by atomic mass is 16.5. The maximum absolute atomic E-state index is 11.2. The molecule has 3 heterocycles. The van der Waals surface area contributed by atoms with Crippen LogP contribution in [0.25, 0.3) is 0 Å². The van der Waals surface area contributed by atoms with Crippen molar-refractivity contribution in [2.24, 2.45) is 0 Å². The number of nitrogens with zero attached hydrogens (tertiary/aromatic N) is 6. The summed E-state index contributed by atoms with van der Waals surface area (Å²) in [6, 6.07) is 10.8. The number of rotatable bonds is 11. The van der Waals surface area contributed by atoms with Crippen LogP contribution in [0.4, 0.5) is 17.8 Å². The summed E-state index contributed by atoms with van der Waals surface area (Å²) in [4.78, 5) is 32.3. The van der Waals surface area contributed by atoms with Crippen molar-refractivity contribution in [1.82, 2.24) is 24.8 Å². The van der Waals surface area contributed by atoms with E-state index in [4.69, 9.17) is 19.4 Å². The molecule has 43 heavy (non-hydrogen) atoms. The van der Waals surface area contributed by atoms with Gasteiger partial charge in [-0.1, -0.05) is 26.0 Å². The maximum atomic E-state index is 11.2. The van der Waals surface area contributed by atoms with Crippen LogP contribution in [0, 0.1) is 0 Å². The van der Waals surface area contributed by atoms with Gasteiger partial charge in [-0.25, -0.2) is 4.79 Å². The first-order valence-corrected chi connectivity index (χ1v) is 14.9. The predicted octanol–water partition coefficient (Wildman–Crippen LogP) is 3.45. The Balaban J connectivity index is 0.00000207. The molecule has 2 aliphatic heterocycles. The van der Waals surface area contributed by atoms with Crippen molar-refractivity contribution < 1.29 is 19.4 Å². The van der Waals surface area contributed by atoms with E-state index < -0.39 is 5.97 Å². The van der Waals surface area contributed by atoms with Gasteiger partial charge in [0.2, 0.25) is 17.8 Å². The van der Waals surface area contributed by atoms with Crippen LogP contribution in [-0.2, 0) is 19.5 Å². The van der Waals surface area contributed by atoms with Gasteiger partial charge in [0, 0.05) is 58.9 Å². The van der Waals surface area contributed by atoms with E-state index in [0.717, 1.165) is 69.1 Å². The molecule has 12 heteroatoms. The summed E-state index contributed by atoms with van der Waals surface area (Å²) in [5, 5.41) is 15.9. The molecular formula is C31H44N8O4. The van der Waals surface area contributed by atoms with Gasteiger partial charge in [-0.05, 0) is 54.4 Å². The van der Waals surface area contributed by atoms with Gasteiger partial charge >= 0.3 is 5.97 Å². The fourth-order valence-electron chi connectivity index (χ4n) is 5.06. The standard InChI is InChI=1S/C29H38N8O4.C2H6/c1-35-12-14-36(15-13-35)11-9-30-27-32-28(31-18-20-4-6-21(7-5-20)26(38)39)34-29(33-27)37-10-8-22-16-24(40-2)25(41-3)17-23(22)19-37;1-2/h4-7,16-17H,8-15,18-19H2,1-3H3,(H,38,39)(H2,30,31,32,33,34);1-2H3. The molecule has 5 rings (SSSR count). The van der Waals surface area contributed by atoms with Gasteiger partial charge in [-0.2, -0.15) is 15.0 Å². The van der Waals surface area contributed by atoms with E-state index in [2.05, 4.69) is 37.4 Å². The second-order valence-electron chi connectivity index (χ2n) is 10.4. The summed E-state index contributed by atoms with van der Waals surface area (Å²) < 4.78 is 11.0. The first-order chi connectivity index (χ1) is 20.9. The van der Waals surface area contributed by atoms with Crippen molar-refractivity contribution in [3.8, 4) is 11.5 Å². The molecular weight excluding hydrogens is 548 g/mol. The van der Waals surface area contributed by atoms with Crippen molar-refractivity contribution in [2.45, 2.75) is 33.4 Å². The zero-order chi connectivity index (χ0) is 30.8. The van der Waals surface area contributed by atoms with Crippen LogP contribution in [0.5, 0.6) is 11.5 Å². The smallest absolute Gasteiger partial charge is 0.335 e. The largest absolute Gasteiger partial charge is 0.493 e. The first-order valence-electron chi connectivity index (χ1n) is 14.9. The van der Waals surface area contributed by atoms with Gasteiger partial charge in [0.15, 0.2) is 11.5 Å². The molecule has 0 atom stereocenters. The summed E-state index contributed by atoms with van der Waals surface area (Å²) in [5.41, 5.74) is 3.55. The third-order valence-electron chi connectivity index (χ3n) is 7.58. The van der Waals surface area contributed by atoms with Crippen LogP contribution in [0.1, 0.15) is 40.9 Å². The van der Waals surface area contributed by atoms with E-state index in [-0.39, 0.29) is 5.56 Å². The van der Waals surface area contributed by atoms with Crippen molar-refractivity contribution >= 4 is 23.8 Å². The number of benzene rings is 2. The Morgan fingerprint density at radius 1 is 0.884 bits per heavy atom. The fraction of sp³-hybridized carbons (Fsp3) is 0.484. The number of carbonyl (C=O) groups is 1. The van der Waals surface area contributed by atoms with Gasteiger partial charge in [0.1, 0.15) is 0 Å². The predicted molar refractivity (Wildman–Crippen MR) is 169 cm³/mol. The number of methoxy groups -OCH3 is 2. The number of aromatic nitrogens is 3. The average Bonchev–Trinajstić information content (AvgIpc) is 3.04. The van der Waals surface area contributed by atoms with Crippen LogP contribution >= 0.6 is 0 Å². The Morgan fingerprint density at radius 2 is 1.51 bits per heavy atom. The number of piperazine rings is 1. The number of anilines is 3. The number of likely N-dealkylation sites (N-methyl/N-ethyl adjacent to an activating group) is 1. The number of nitrogens with one attached hydrogen (secondary N) is 2. The normalized spacial score (nSPS) is 15.1. The Hall–Kier alpha value is -4.16. The molecule has 2 aliphatic rings. The zero-order valence-corrected chi connectivity index (χ0v) is 25.9. The summed E-state index contributed by atoms with van der Waals surface area (Å²) in [7, 11) is 5.45. The summed E-state index contributed by atoms with van der Waals surface area (Å²) in [5.74, 6) is 2.05. The molecule has 12 nitrogen and oxygen atoms in total. The maximum Gasteiger partial charge on any atom is 0.335 e. The molecule has 3 aromatic rings. The van der Waals surface area contributed by atoms with Crippen molar-refractivity contribution in [3.05, 3.63) is 58.7 Å². The van der Waals surface area contributed by atoms with E-state index in [1.54, 1.807) is 38.5 Å². The van der Waals surface area contributed by atoms with Crippen molar-refractivity contribution in [1.29, 1.82) is 0 Å². The molecule has 232 valence electrons. The Kier molecular flexibility index (Phi) is 11.3. The van der Waals surface area contributed by atoms with Gasteiger partial charge in [-0.3, -0.25) is 4.90 Å². The summed E-state index contributed by atoms with van der Waals surface area (Å²) in [6.07, 6.45) is 0.826. The molecule has 3 N–H and O–H groups in total. The van der Waals surface area contributed by atoms with E-state index in [1.165, 1.54) is 5.56 Å². The second-order valence-corrected chi connectivity index (χ2v) is 10.4. The van der Waals surface area contributed by atoms with Crippen LogP contribution in [0.15, 0.2) is 36.4 Å². The molecule has 1 fully saturated rings. The number of hydrogen-bond donors (Lipinski definition) is 3. The van der Waals surface area contributed by atoms with Gasteiger partial charge in [0.05, 0.1) is 19.8 Å². The molecule has 0 radical (unpaired) electrons. The summed E-state index contributed by atoms with van der Waals surface area (Å²) >= 11 is 0. The molecule has 0 unspecified atom stereocenters. The Labute approximate surface area is 254 Å². The van der Waals surface area contributed by atoms with E-state index in [1.807, 2.05) is 26.0 Å². The van der Waals surface area contributed by atoms with Gasteiger partial charge < -0.3 is 35.0 Å². The van der Waals surface area contributed by atoms with Crippen LogP contribution in [0.3, 0.4) is 0 Å². The van der Waals surface area contributed by atoms with Crippen LogP contribution in [-0.4, -0.2) is 103 Å². The lowest BCUT2D eigenvalue weighted by Gasteiger charge is -2.32. The number of carboxylic acids is 1. The fourth-order valence-corrected chi connectivity index (χ4v) is 5.06. The van der Waals surface area contributed by atoms with Crippen molar-refractivity contribution in [3.63, 3.8) is 0 Å². The lowest BCUT2D eigenvalue weighted by Crippen LogP contribution is -2.45. The third-order valence-corrected chi connectivity index (χ3v) is 7.58. The molecule has 0 spiro atoms. The topological polar surface area (TPSA) is 128 Å². The minimum Gasteiger partial charge on any atom is -0.493 e. The lowest BCUT2D eigenvalue weighted by molar-refractivity contribution is 0.0697. The number of hydrogen-bond acceptors (Lipinski definition) is 11. The molecule has 0 saturated carbocycles. The molecule has 0 aliphatic carbocycles. The highest BCUT2D eigenvalue weighted by molar-refractivity contribution is 5.87.